The number of hydrogen-bond acceptors (Lipinski definition) is 3. The lowest BCUT2D eigenvalue weighted by atomic mass is 9.99. The van der Waals surface area contributed by atoms with Gasteiger partial charge in [0.2, 0.25) is 0 Å². The molecule has 0 aliphatic rings. The van der Waals surface area contributed by atoms with E-state index in [0.717, 1.165) is 0 Å². The van der Waals surface area contributed by atoms with Crippen LogP contribution in [-0.2, 0) is 0 Å². The van der Waals surface area contributed by atoms with E-state index < -0.39 is 0 Å². The number of benzene rings is 1. The number of carbonyl (C=O) groups excluding carboxylic acids is 1. The van der Waals surface area contributed by atoms with Gasteiger partial charge in [-0.05, 0) is 24.6 Å². The highest BCUT2D eigenvalue weighted by atomic mass is 16.5. The van der Waals surface area contributed by atoms with Crippen LogP contribution in [0.4, 0.5) is 0 Å². The van der Waals surface area contributed by atoms with E-state index >= 15 is 0 Å². The van der Waals surface area contributed by atoms with Crippen LogP contribution in [0.2, 0.25) is 0 Å². The van der Waals surface area contributed by atoms with Crippen molar-refractivity contribution in [1.82, 2.24) is 0 Å². The molecule has 1 atom stereocenters. The van der Waals surface area contributed by atoms with Crippen LogP contribution in [0.1, 0.15) is 23.7 Å². The Labute approximate surface area is 90.2 Å². The molecular weight excluding hydrogens is 190 g/mol. The Hall–Kier alpha value is -1.35. The maximum Gasteiger partial charge on any atom is 0.166 e. The number of para-hydroxylation sites is 1. The number of ketones is 1. The molecule has 3 heteroatoms. The molecule has 0 amide bonds. The summed E-state index contributed by atoms with van der Waals surface area (Å²) in [6, 6.07) is 7.26. The van der Waals surface area contributed by atoms with Crippen molar-refractivity contribution in [3.05, 3.63) is 29.8 Å². The number of ether oxygens (including phenoxy) is 1. The monoisotopic (exact) mass is 207 g/mol. The van der Waals surface area contributed by atoms with E-state index in [4.69, 9.17) is 10.5 Å². The molecule has 82 valence electrons. The predicted octanol–water partition coefficient (Wildman–Crippen LogP) is 1.86. The van der Waals surface area contributed by atoms with Crippen molar-refractivity contribution in [3.63, 3.8) is 0 Å². The van der Waals surface area contributed by atoms with Crippen LogP contribution in [0, 0.1) is 5.92 Å². The minimum atomic E-state index is 0.0883. The fraction of sp³-hybridized carbons (Fsp3) is 0.417. The van der Waals surface area contributed by atoms with E-state index in [0.29, 0.717) is 24.3 Å². The molecule has 15 heavy (non-hydrogen) atoms. The minimum absolute atomic E-state index is 0.0883. The number of rotatable bonds is 5. The van der Waals surface area contributed by atoms with Crippen molar-refractivity contribution in [3.8, 4) is 5.75 Å². The molecule has 3 nitrogen and oxygen atoms in total. The Bertz CT molecular complexity index is 336. The summed E-state index contributed by atoms with van der Waals surface area (Å²) in [7, 11) is 1.57. The SMILES string of the molecule is COc1ccccc1C(=O)CC(C)CN. The Morgan fingerprint density at radius 3 is 2.73 bits per heavy atom. The number of methoxy groups -OCH3 is 1. The van der Waals surface area contributed by atoms with Gasteiger partial charge in [-0.15, -0.1) is 0 Å². The van der Waals surface area contributed by atoms with Crippen LogP contribution in [-0.4, -0.2) is 19.4 Å². The summed E-state index contributed by atoms with van der Waals surface area (Å²) in [5.74, 6) is 0.930. The first-order chi connectivity index (χ1) is 7.19. The van der Waals surface area contributed by atoms with Crippen LogP contribution in [0.3, 0.4) is 0 Å². The van der Waals surface area contributed by atoms with Crippen LogP contribution in [0.25, 0.3) is 0 Å². The largest absolute Gasteiger partial charge is 0.496 e. The highest BCUT2D eigenvalue weighted by Gasteiger charge is 2.13. The molecule has 1 aromatic carbocycles. The summed E-state index contributed by atoms with van der Waals surface area (Å²) < 4.78 is 5.13. The van der Waals surface area contributed by atoms with Gasteiger partial charge in [0.1, 0.15) is 5.75 Å². The normalized spacial score (nSPS) is 12.2. The molecule has 0 bridgehead atoms. The van der Waals surface area contributed by atoms with E-state index in [1.165, 1.54) is 0 Å². The first-order valence-electron chi connectivity index (χ1n) is 5.05. The standard InChI is InChI=1S/C12H17NO2/c1-9(8-13)7-11(14)10-5-3-4-6-12(10)15-2/h3-6,9H,7-8,13H2,1-2H3. The zero-order valence-corrected chi connectivity index (χ0v) is 9.19. The molecule has 0 radical (unpaired) electrons. The smallest absolute Gasteiger partial charge is 0.166 e. The highest BCUT2D eigenvalue weighted by Crippen LogP contribution is 2.20. The molecule has 0 saturated heterocycles. The summed E-state index contributed by atoms with van der Waals surface area (Å²) in [6.45, 7) is 2.49. The van der Waals surface area contributed by atoms with E-state index in [2.05, 4.69) is 0 Å². The van der Waals surface area contributed by atoms with Crippen molar-refractivity contribution < 1.29 is 9.53 Å². The Morgan fingerprint density at radius 2 is 2.13 bits per heavy atom. The maximum absolute atomic E-state index is 11.9. The minimum Gasteiger partial charge on any atom is -0.496 e. The van der Waals surface area contributed by atoms with Gasteiger partial charge in [-0.2, -0.15) is 0 Å². The molecule has 0 spiro atoms. The first kappa shape index (κ1) is 11.7. The summed E-state index contributed by atoms with van der Waals surface area (Å²) in [4.78, 5) is 11.9. The predicted molar refractivity (Wildman–Crippen MR) is 60.2 cm³/mol. The van der Waals surface area contributed by atoms with Crippen molar-refractivity contribution in [2.75, 3.05) is 13.7 Å². The Morgan fingerprint density at radius 1 is 1.47 bits per heavy atom. The van der Waals surface area contributed by atoms with Gasteiger partial charge in [0, 0.05) is 6.42 Å². The molecule has 0 heterocycles. The van der Waals surface area contributed by atoms with Gasteiger partial charge in [0.15, 0.2) is 5.78 Å². The van der Waals surface area contributed by atoms with Crippen molar-refractivity contribution in [1.29, 1.82) is 0 Å². The van der Waals surface area contributed by atoms with Crippen LogP contribution >= 0.6 is 0 Å². The van der Waals surface area contributed by atoms with Crippen LogP contribution in [0.15, 0.2) is 24.3 Å². The molecule has 0 aliphatic heterocycles. The number of Topliss-reactive ketones (excluding diaryl/α,β-unsaturated/α-hetero) is 1. The molecule has 0 saturated carbocycles. The highest BCUT2D eigenvalue weighted by molar-refractivity contribution is 5.98. The Kier molecular flexibility index (Phi) is 4.31. The second kappa shape index (κ2) is 5.51. The zero-order valence-electron chi connectivity index (χ0n) is 9.19. The van der Waals surface area contributed by atoms with Gasteiger partial charge >= 0.3 is 0 Å². The second-order valence-corrected chi connectivity index (χ2v) is 3.67. The maximum atomic E-state index is 11.9. The second-order valence-electron chi connectivity index (χ2n) is 3.67. The average Bonchev–Trinajstić information content (AvgIpc) is 2.28. The fourth-order valence-corrected chi connectivity index (χ4v) is 1.38. The van der Waals surface area contributed by atoms with Crippen molar-refractivity contribution in [2.24, 2.45) is 11.7 Å². The quantitative estimate of drug-likeness (QED) is 0.750. The first-order valence-corrected chi connectivity index (χ1v) is 5.05. The molecule has 2 N–H and O–H groups in total. The summed E-state index contributed by atoms with van der Waals surface area (Å²) >= 11 is 0. The molecular formula is C12H17NO2. The van der Waals surface area contributed by atoms with Gasteiger partial charge in [0.25, 0.3) is 0 Å². The number of nitrogens with two attached hydrogens (primary N) is 1. The zero-order chi connectivity index (χ0) is 11.3. The third-order valence-electron chi connectivity index (χ3n) is 2.34. The lowest BCUT2D eigenvalue weighted by Gasteiger charge is -2.10. The van der Waals surface area contributed by atoms with Gasteiger partial charge in [-0.3, -0.25) is 4.79 Å². The lowest BCUT2D eigenvalue weighted by Crippen LogP contribution is -2.15. The summed E-state index contributed by atoms with van der Waals surface area (Å²) in [6.07, 6.45) is 0.469. The van der Waals surface area contributed by atoms with Crippen LogP contribution < -0.4 is 10.5 Å². The van der Waals surface area contributed by atoms with Crippen LogP contribution in [0.5, 0.6) is 5.75 Å². The van der Waals surface area contributed by atoms with Gasteiger partial charge < -0.3 is 10.5 Å². The third-order valence-corrected chi connectivity index (χ3v) is 2.34. The Balaban J connectivity index is 2.81. The topological polar surface area (TPSA) is 52.3 Å². The van der Waals surface area contributed by atoms with E-state index in [1.807, 2.05) is 19.1 Å². The van der Waals surface area contributed by atoms with E-state index in [9.17, 15) is 4.79 Å². The van der Waals surface area contributed by atoms with Crippen molar-refractivity contribution in [2.45, 2.75) is 13.3 Å². The van der Waals surface area contributed by atoms with E-state index in [-0.39, 0.29) is 11.7 Å². The lowest BCUT2D eigenvalue weighted by molar-refractivity contribution is 0.0963. The number of carbonyl (C=O) groups is 1. The molecule has 0 aromatic heterocycles. The average molecular weight is 207 g/mol. The van der Waals surface area contributed by atoms with Crippen molar-refractivity contribution >= 4 is 5.78 Å². The van der Waals surface area contributed by atoms with Gasteiger partial charge in [0.05, 0.1) is 12.7 Å². The van der Waals surface area contributed by atoms with Gasteiger partial charge in [-0.25, -0.2) is 0 Å². The molecule has 1 unspecified atom stereocenters. The summed E-state index contributed by atoms with van der Waals surface area (Å²) in [5.41, 5.74) is 6.12. The molecule has 1 aromatic rings. The molecule has 1 rings (SSSR count). The summed E-state index contributed by atoms with van der Waals surface area (Å²) in [5, 5.41) is 0. The molecule has 0 fully saturated rings. The van der Waals surface area contributed by atoms with E-state index in [1.54, 1.807) is 19.2 Å². The number of hydrogen-bond donors (Lipinski definition) is 1. The molecule has 0 aliphatic carbocycles. The third kappa shape index (κ3) is 3.06. The van der Waals surface area contributed by atoms with Gasteiger partial charge in [-0.1, -0.05) is 19.1 Å². The fourth-order valence-electron chi connectivity index (χ4n) is 1.38.